The van der Waals surface area contributed by atoms with Gasteiger partial charge in [0.25, 0.3) is 0 Å². The Balaban J connectivity index is 2.01. The summed E-state index contributed by atoms with van der Waals surface area (Å²) in [5, 5.41) is 0. The summed E-state index contributed by atoms with van der Waals surface area (Å²) < 4.78 is 13.2. The van der Waals surface area contributed by atoms with Crippen molar-refractivity contribution in [2.24, 2.45) is 0 Å². The quantitative estimate of drug-likeness (QED) is 0.785. The predicted molar refractivity (Wildman–Crippen MR) is 70.5 cm³/mol. The van der Waals surface area contributed by atoms with Crippen LogP contribution >= 0.6 is 0 Å². The fraction of sp³-hybridized carbons (Fsp3) is 0.250. The minimum Gasteiger partial charge on any atom is -0.293 e. The molecule has 0 N–H and O–H groups in total. The predicted octanol–water partition coefficient (Wildman–Crippen LogP) is 3.53. The van der Waals surface area contributed by atoms with E-state index in [9.17, 15) is 9.18 Å². The van der Waals surface area contributed by atoms with E-state index in [2.05, 4.69) is 4.98 Å². The molecule has 2 nitrogen and oxygen atoms in total. The van der Waals surface area contributed by atoms with E-state index in [1.165, 1.54) is 12.3 Å². The summed E-state index contributed by atoms with van der Waals surface area (Å²) in [7, 11) is 0. The van der Waals surface area contributed by atoms with Crippen molar-refractivity contribution in [1.82, 2.24) is 4.98 Å². The number of hydrogen-bond donors (Lipinski definition) is 0. The first-order chi connectivity index (χ1) is 9.22. The van der Waals surface area contributed by atoms with Crippen LogP contribution in [0, 0.1) is 5.82 Å². The second kappa shape index (κ2) is 4.57. The molecular weight excluding hydrogens is 241 g/mol. The maximum absolute atomic E-state index is 13.2. The molecule has 19 heavy (non-hydrogen) atoms. The van der Waals surface area contributed by atoms with Gasteiger partial charge in [-0.25, -0.2) is 4.39 Å². The van der Waals surface area contributed by atoms with E-state index < -0.39 is 11.2 Å². The van der Waals surface area contributed by atoms with Crippen LogP contribution in [0.25, 0.3) is 0 Å². The molecule has 1 heterocycles. The zero-order valence-corrected chi connectivity index (χ0v) is 10.5. The van der Waals surface area contributed by atoms with Gasteiger partial charge in [-0.15, -0.1) is 0 Å². The topological polar surface area (TPSA) is 30.0 Å². The molecule has 0 aliphatic heterocycles. The summed E-state index contributed by atoms with van der Waals surface area (Å²) in [4.78, 5) is 16.5. The Hall–Kier alpha value is -2.03. The third-order valence-corrected chi connectivity index (χ3v) is 3.94. The zero-order chi connectivity index (χ0) is 13.3. The lowest BCUT2D eigenvalue weighted by Crippen LogP contribution is -2.42. The summed E-state index contributed by atoms with van der Waals surface area (Å²) in [5.41, 5.74) is 0.913. The second-order valence-electron chi connectivity index (χ2n) is 5.02. The van der Waals surface area contributed by atoms with Gasteiger partial charge in [0.1, 0.15) is 5.82 Å². The van der Waals surface area contributed by atoms with Gasteiger partial charge in [-0.1, -0.05) is 36.8 Å². The van der Waals surface area contributed by atoms with Crippen molar-refractivity contribution >= 4 is 5.78 Å². The van der Waals surface area contributed by atoms with Crippen LogP contribution in [-0.4, -0.2) is 10.8 Å². The number of carbonyl (C=O) groups is 1. The van der Waals surface area contributed by atoms with Gasteiger partial charge in [-0.3, -0.25) is 9.78 Å². The number of hydrogen-bond acceptors (Lipinski definition) is 2. The first-order valence-electron chi connectivity index (χ1n) is 6.43. The lowest BCUT2D eigenvalue weighted by atomic mass is 9.61. The Labute approximate surface area is 111 Å². The highest BCUT2D eigenvalue weighted by Crippen LogP contribution is 2.45. The Morgan fingerprint density at radius 1 is 1.16 bits per heavy atom. The largest absolute Gasteiger partial charge is 0.293 e. The molecule has 96 valence electrons. The van der Waals surface area contributed by atoms with Crippen molar-refractivity contribution in [3.05, 3.63) is 65.7 Å². The fourth-order valence-electron chi connectivity index (χ4n) is 2.75. The van der Waals surface area contributed by atoms with Gasteiger partial charge in [-0.2, -0.15) is 0 Å². The zero-order valence-electron chi connectivity index (χ0n) is 10.5. The van der Waals surface area contributed by atoms with E-state index in [1.54, 1.807) is 0 Å². The van der Waals surface area contributed by atoms with E-state index >= 15 is 0 Å². The molecule has 3 heteroatoms. The Kier molecular flexibility index (Phi) is 2.90. The average molecular weight is 255 g/mol. The Morgan fingerprint density at radius 2 is 1.89 bits per heavy atom. The molecule has 0 bridgehead atoms. The van der Waals surface area contributed by atoms with Crippen LogP contribution in [0.3, 0.4) is 0 Å². The van der Waals surface area contributed by atoms with Crippen LogP contribution in [0.15, 0.2) is 48.8 Å². The number of ketones is 1. The van der Waals surface area contributed by atoms with Gasteiger partial charge in [-0.05, 0) is 24.5 Å². The molecule has 0 atom stereocenters. The van der Waals surface area contributed by atoms with Crippen LogP contribution in [0.5, 0.6) is 0 Å². The summed E-state index contributed by atoms with van der Waals surface area (Å²) >= 11 is 0. The molecule has 0 amide bonds. The number of benzene rings is 1. The number of rotatable bonds is 3. The summed E-state index contributed by atoms with van der Waals surface area (Å²) in [6.07, 6.45) is 5.25. The minimum atomic E-state index is -0.475. The first kappa shape index (κ1) is 12.0. The number of aromatic nitrogens is 1. The molecule has 1 fully saturated rings. The maximum atomic E-state index is 13.2. The highest BCUT2D eigenvalue weighted by Gasteiger charge is 2.45. The highest BCUT2D eigenvalue weighted by atomic mass is 19.1. The number of nitrogens with zero attached hydrogens (tertiary/aromatic N) is 1. The molecule has 0 saturated heterocycles. The normalized spacial score (nSPS) is 16.7. The number of Topliss-reactive ketones (excluding diaryl/α,β-unsaturated/α-hetero) is 1. The maximum Gasteiger partial charge on any atom is 0.175 e. The van der Waals surface area contributed by atoms with Crippen molar-refractivity contribution in [1.29, 1.82) is 0 Å². The molecule has 1 aromatic heterocycles. The molecule has 0 spiro atoms. The Morgan fingerprint density at radius 3 is 2.47 bits per heavy atom. The molecule has 1 aromatic carbocycles. The van der Waals surface area contributed by atoms with Crippen LogP contribution in [0.4, 0.5) is 4.39 Å². The minimum absolute atomic E-state index is 0.0167. The van der Waals surface area contributed by atoms with Gasteiger partial charge in [0, 0.05) is 11.8 Å². The lowest BCUT2D eigenvalue weighted by molar-refractivity contribution is 0.0788. The van der Waals surface area contributed by atoms with Crippen molar-refractivity contribution in [2.75, 3.05) is 0 Å². The number of pyridine rings is 1. The third-order valence-electron chi connectivity index (χ3n) is 3.94. The van der Waals surface area contributed by atoms with Gasteiger partial charge >= 0.3 is 0 Å². The van der Waals surface area contributed by atoms with Gasteiger partial charge < -0.3 is 0 Å². The van der Waals surface area contributed by atoms with Crippen LogP contribution in [0.1, 0.15) is 35.2 Å². The monoisotopic (exact) mass is 255 g/mol. The van der Waals surface area contributed by atoms with E-state index in [0.29, 0.717) is 5.56 Å². The average Bonchev–Trinajstić information content (AvgIpc) is 2.38. The molecule has 1 aliphatic carbocycles. The van der Waals surface area contributed by atoms with Crippen molar-refractivity contribution in [3.63, 3.8) is 0 Å². The third kappa shape index (κ3) is 1.95. The summed E-state index contributed by atoms with van der Waals surface area (Å²) in [6.45, 7) is 0. The van der Waals surface area contributed by atoms with Gasteiger partial charge in [0.05, 0.1) is 11.6 Å². The lowest BCUT2D eigenvalue weighted by Gasteiger charge is -2.40. The molecule has 0 radical (unpaired) electrons. The van der Waals surface area contributed by atoms with Crippen LogP contribution in [-0.2, 0) is 5.41 Å². The van der Waals surface area contributed by atoms with E-state index in [0.717, 1.165) is 31.0 Å². The first-order valence-corrected chi connectivity index (χ1v) is 6.43. The summed E-state index contributed by atoms with van der Waals surface area (Å²) in [5.74, 6) is -0.481. The molecule has 2 aromatic rings. The summed E-state index contributed by atoms with van der Waals surface area (Å²) in [6, 6.07) is 11.0. The smallest absolute Gasteiger partial charge is 0.175 e. The van der Waals surface area contributed by atoms with Crippen LogP contribution < -0.4 is 0 Å². The van der Waals surface area contributed by atoms with Gasteiger partial charge in [0.2, 0.25) is 0 Å². The molecule has 0 unspecified atom stereocenters. The molecule has 1 aliphatic rings. The molecule has 3 rings (SSSR count). The van der Waals surface area contributed by atoms with E-state index in [-0.39, 0.29) is 5.78 Å². The van der Waals surface area contributed by atoms with Crippen molar-refractivity contribution in [3.8, 4) is 0 Å². The second-order valence-corrected chi connectivity index (χ2v) is 5.02. The highest BCUT2D eigenvalue weighted by molar-refractivity contribution is 6.04. The molecule has 1 saturated carbocycles. The van der Waals surface area contributed by atoms with Crippen molar-refractivity contribution < 1.29 is 9.18 Å². The van der Waals surface area contributed by atoms with Crippen LogP contribution in [0.2, 0.25) is 0 Å². The van der Waals surface area contributed by atoms with E-state index in [4.69, 9.17) is 0 Å². The fourth-order valence-corrected chi connectivity index (χ4v) is 2.75. The molecular formula is C16H14FNO. The van der Waals surface area contributed by atoms with Crippen molar-refractivity contribution in [2.45, 2.75) is 24.7 Å². The van der Waals surface area contributed by atoms with E-state index in [1.807, 2.05) is 30.3 Å². The number of halogens is 1. The van der Waals surface area contributed by atoms with Gasteiger partial charge in [0.15, 0.2) is 5.78 Å². The standard InChI is InChI=1S/C16H14FNO/c17-14-9-12(10-18-11-14)15(19)16(7-4-8-16)13-5-2-1-3-6-13/h1-3,5-6,9-11H,4,7-8H2. The Bertz CT molecular complexity index is 605. The SMILES string of the molecule is O=C(c1cncc(F)c1)C1(c2ccccc2)CCC1. The number of carbonyl (C=O) groups excluding carboxylic acids is 1.